The normalized spacial score (nSPS) is 11.5. The molecule has 0 aliphatic carbocycles. The third kappa shape index (κ3) is 2.88. The van der Waals surface area contributed by atoms with E-state index in [-0.39, 0.29) is 4.90 Å². The van der Waals surface area contributed by atoms with Crippen LogP contribution >= 0.6 is 11.3 Å². The first-order valence-electron chi connectivity index (χ1n) is 6.42. The Hall–Kier alpha value is -2.19. The van der Waals surface area contributed by atoms with E-state index in [0.29, 0.717) is 22.5 Å². The van der Waals surface area contributed by atoms with Crippen LogP contribution < -0.4 is 4.72 Å². The largest absolute Gasteiger partial charge is 0.446 e. The van der Waals surface area contributed by atoms with Crippen LogP contribution in [0.3, 0.4) is 0 Å². The zero-order valence-electron chi connectivity index (χ0n) is 11.9. The third-order valence-corrected chi connectivity index (χ3v) is 5.17. The molecule has 22 heavy (non-hydrogen) atoms. The number of benzene rings is 1. The number of aryl methyl sites for hydroxylation is 2. The molecular formula is C14H13N3O3S2. The van der Waals surface area contributed by atoms with Gasteiger partial charge in [0, 0.05) is 24.1 Å². The SMILES string of the molecule is Cc1nc(-c2ccc(S(=O)(=O)Nc3nccs3)cc2)c(C)o1. The van der Waals surface area contributed by atoms with Gasteiger partial charge in [0.15, 0.2) is 11.0 Å². The Bertz CT molecular complexity index is 882. The van der Waals surface area contributed by atoms with Crippen molar-refractivity contribution in [1.29, 1.82) is 0 Å². The molecule has 0 aliphatic heterocycles. The summed E-state index contributed by atoms with van der Waals surface area (Å²) in [5.41, 5.74) is 1.52. The van der Waals surface area contributed by atoms with Crippen LogP contribution in [0.25, 0.3) is 11.3 Å². The zero-order valence-corrected chi connectivity index (χ0v) is 13.5. The lowest BCUT2D eigenvalue weighted by atomic mass is 10.1. The summed E-state index contributed by atoms with van der Waals surface area (Å²) in [6.45, 7) is 3.59. The van der Waals surface area contributed by atoms with Gasteiger partial charge in [0.2, 0.25) is 0 Å². The number of nitrogens with zero attached hydrogens (tertiary/aromatic N) is 2. The summed E-state index contributed by atoms with van der Waals surface area (Å²) in [6.07, 6.45) is 1.54. The van der Waals surface area contributed by atoms with Crippen LogP contribution in [0.4, 0.5) is 5.13 Å². The number of hydrogen-bond donors (Lipinski definition) is 1. The second-order valence-electron chi connectivity index (χ2n) is 4.60. The maximum absolute atomic E-state index is 12.2. The van der Waals surface area contributed by atoms with Gasteiger partial charge in [0.1, 0.15) is 11.5 Å². The number of thiazole rings is 1. The molecule has 0 saturated heterocycles. The van der Waals surface area contributed by atoms with E-state index in [9.17, 15) is 8.42 Å². The summed E-state index contributed by atoms with van der Waals surface area (Å²) >= 11 is 1.23. The minimum absolute atomic E-state index is 0.171. The summed E-state index contributed by atoms with van der Waals surface area (Å²) in [5, 5.41) is 2.04. The van der Waals surface area contributed by atoms with Gasteiger partial charge in [-0.3, -0.25) is 4.72 Å². The average Bonchev–Trinajstić information content (AvgIpc) is 3.08. The van der Waals surface area contributed by atoms with E-state index in [1.54, 1.807) is 30.6 Å². The second-order valence-corrected chi connectivity index (χ2v) is 7.18. The fraction of sp³-hybridized carbons (Fsp3) is 0.143. The predicted octanol–water partition coefficient (Wildman–Crippen LogP) is 3.22. The van der Waals surface area contributed by atoms with Gasteiger partial charge in [-0.15, -0.1) is 11.3 Å². The molecule has 0 bridgehead atoms. The summed E-state index contributed by atoms with van der Waals surface area (Å²) in [5.74, 6) is 1.28. The number of sulfonamides is 1. The Morgan fingerprint density at radius 3 is 2.45 bits per heavy atom. The predicted molar refractivity (Wildman–Crippen MR) is 84.3 cm³/mol. The van der Waals surface area contributed by atoms with Crippen LogP contribution in [0.15, 0.2) is 45.2 Å². The smallest absolute Gasteiger partial charge is 0.263 e. The van der Waals surface area contributed by atoms with E-state index in [0.717, 1.165) is 5.56 Å². The van der Waals surface area contributed by atoms with Crippen molar-refractivity contribution in [3.8, 4) is 11.3 Å². The summed E-state index contributed by atoms with van der Waals surface area (Å²) in [7, 11) is -3.63. The van der Waals surface area contributed by atoms with Gasteiger partial charge in [-0.25, -0.2) is 18.4 Å². The average molecular weight is 335 g/mol. The highest BCUT2D eigenvalue weighted by molar-refractivity contribution is 7.93. The molecule has 0 unspecified atom stereocenters. The van der Waals surface area contributed by atoms with Crippen LogP contribution in [0, 0.1) is 13.8 Å². The summed E-state index contributed by atoms with van der Waals surface area (Å²) in [6, 6.07) is 6.49. The van der Waals surface area contributed by atoms with Gasteiger partial charge in [-0.1, -0.05) is 12.1 Å². The van der Waals surface area contributed by atoms with E-state index < -0.39 is 10.0 Å². The molecule has 6 nitrogen and oxygen atoms in total. The zero-order chi connectivity index (χ0) is 15.7. The van der Waals surface area contributed by atoms with Gasteiger partial charge >= 0.3 is 0 Å². The molecule has 0 radical (unpaired) electrons. The Morgan fingerprint density at radius 2 is 1.91 bits per heavy atom. The highest BCUT2D eigenvalue weighted by atomic mass is 32.2. The Labute approximate surface area is 131 Å². The van der Waals surface area contributed by atoms with Gasteiger partial charge in [0.25, 0.3) is 10.0 Å². The van der Waals surface area contributed by atoms with Gasteiger partial charge in [-0.05, 0) is 19.1 Å². The molecule has 0 atom stereocenters. The first kappa shape index (κ1) is 14.7. The molecule has 3 aromatic rings. The number of oxazole rings is 1. The maximum atomic E-state index is 12.2. The molecule has 0 saturated carbocycles. The van der Waals surface area contributed by atoms with Crippen LogP contribution in [-0.4, -0.2) is 18.4 Å². The molecular weight excluding hydrogens is 322 g/mol. The lowest BCUT2D eigenvalue weighted by molar-refractivity contribution is 0.495. The number of anilines is 1. The summed E-state index contributed by atoms with van der Waals surface area (Å²) < 4.78 is 32.3. The number of hydrogen-bond acceptors (Lipinski definition) is 6. The second kappa shape index (κ2) is 5.54. The fourth-order valence-electron chi connectivity index (χ4n) is 2.04. The Kier molecular flexibility index (Phi) is 3.71. The van der Waals surface area contributed by atoms with Gasteiger partial charge in [0.05, 0.1) is 4.90 Å². The van der Waals surface area contributed by atoms with Crippen molar-refractivity contribution in [3.63, 3.8) is 0 Å². The molecule has 0 spiro atoms. The maximum Gasteiger partial charge on any atom is 0.263 e. The number of rotatable bonds is 4. The van der Waals surface area contributed by atoms with E-state index >= 15 is 0 Å². The first-order chi connectivity index (χ1) is 10.5. The van der Waals surface area contributed by atoms with E-state index in [1.807, 2.05) is 6.92 Å². The lowest BCUT2D eigenvalue weighted by Crippen LogP contribution is -2.12. The number of aromatic nitrogens is 2. The van der Waals surface area contributed by atoms with E-state index in [4.69, 9.17) is 4.42 Å². The molecule has 1 N–H and O–H groups in total. The molecule has 1 aromatic carbocycles. The van der Waals surface area contributed by atoms with Crippen molar-refractivity contribution in [2.45, 2.75) is 18.7 Å². The topological polar surface area (TPSA) is 85.1 Å². The standard InChI is InChI=1S/C14H13N3O3S2/c1-9-13(16-10(2)20-9)11-3-5-12(6-4-11)22(18,19)17-14-15-7-8-21-14/h3-8H,1-2H3,(H,15,17). The quantitative estimate of drug-likeness (QED) is 0.791. The molecule has 114 valence electrons. The van der Waals surface area contributed by atoms with Crippen molar-refractivity contribution in [1.82, 2.24) is 9.97 Å². The first-order valence-corrected chi connectivity index (χ1v) is 8.79. The fourth-order valence-corrected chi connectivity index (χ4v) is 3.83. The highest BCUT2D eigenvalue weighted by Crippen LogP contribution is 2.25. The van der Waals surface area contributed by atoms with Crippen molar-refractivity contribution in [2.75, 3.05) is 4.72 Å². The van der Waals surface area contributed by atoms with Gasteiger partial charge in [-0.2, -0.15) is 0 Å². The molecule has 0 fully saturated rings. The van der Waals surface area contributed by atoms with E-state index in [2.05, 4.69) is 14.7 Å². The molecule has 0 aliphatic rings. The van der Waals surface area contributed by atoms with Crippen LogP contribution in [-0.2, 0) is 10.0 Å². The minimum Gasteiger partial charge on any atom is -0.446 e. The Balaban J connectivity index is 1.89. The molecule has 0 amide bonds. The van der Waals surface area contributed by atoms with Crippen molar-refractivity contribution < 1.29 is 12.8 Å². The third-order valence-electron chi connectivity index (χ3n) is 3.00. The molecule has 3 rings (SSSR count). The van der Waals surface area contributed by atoms with Crippen LogP contribution in [0.1, 0.15) is 11.7 Å². The summed E-state index contributed by atoms with van der Waals surface area (Å²) in [4.78, 5) is 8.38. The Morgan fingerprint density at radius 1 is 1.18 bits per heavy atom. The molecule has 2 heterocycles. The van der Waals surface area contributed by atoms with E-state index in [1.165, 1.54) is 23.5 Å². The van der Waals surface area contributed by atoms with Crippen molar-refractivity contribution in [2.24, 2.45) is 0 Å². The monoisotopic (exact) mass is 335 g/mol. The van der Waals surface area contributed by atoms with Crippen molar-refractivity contribution in [3.05, 3.63) is 47.5 Å². The van der Waals surface area contributed by atoms with Crippen LogP contribution in [0.2, 0.25) is 0 Å². The van der Waals surface area contributed by atoms with Crippen molar-refractivity contribution >= 4 is 26.5 Å². The van der Waals surface area contributed by atoms with Gasteiger partial charge < -0.3 is 4.42 Å². The van der Waals surface area contributed by atoms with Crippen LogP contribution in [0.5, 0.6) is 0 Å². The minimum atomic E-state index is -3.63. The molecule has 2 aromatic heterocycles. The lowest BCUT2D eigenvalue weighted by Gasteiger charge is -2.06. The molecule has 8 heteroatoms. The highest BCUT2D eigenvalue weighted by Gasteiger charge is 2.16. The number of nitrogens with one attached hydrogen (secondary N) is 1.